The molecule has 0 atom stereocenters. The maximum atomic E-state index is 11.7. The summed E-state index contributed by atoms with van der Waals surface area (Å²) in [6.45, 7) is 1.28. The molecule has 8 heteroatoms. The molecule has 0 fully saturated rings. The Morgan fingerprint density at radius 3 is 1.90 bits per heavy atom. The molecular formula is C12H8N2O6. The van der Waals surface area contributed by atoms with Gasteiger partial charge in [0, 0.05) is 30.5 Å². The van der Waals surface area contributed by atoms with E-state index in [2.05, 4.69) is 4.84 Å². The van der Waals surface area contributed by atoms with Gasteiger partial charge in [-0.1, -0.05) is 5.06 Å². The number of hydrogen-bond acceptors (Lipinski definition) is 6. The van der Waals surface area contributed by atoms with E-state index in [1.54, 1.807) is 0 Å². The van der Waals surface area contributed by atoms with Gasteiger partial charge in [-0.2, -0.15) is 0 Å². The number of nitrogens with zero attached hydrogens (tertiary/aromatic N) is 2. The molecule has 2 heterocycles. The molecule has 0 spiro atoms. The van der Waals surface area contributed by atoms with Crippen molar-refractivity contribution < 1.29 is 28.8 Å². The summed E-state index contributed by atoms with van der Waals surface area (Å²) in [6.07, 6.45) is 4.98. The van der Waals surface area contributed by atoms with Crippen LogP contribution in [-0.4, -0.2) is 39.6 Å². The predicted octanol–water partition coefficient (Wildman–Crippen LogP) is -0.802. The van der Waals surface area contributed by atoms with Crippen LogP contribution in [0, 0.1) is 0 Å². The molecule has 0 aromatic rings. The zero-order chi connectivity index (χ0) is 14.9. The lowest BCUT2D eigenvalue weighted by Crippen LogP contribution is -2.33. The van der Waals surface area contributed by atoms with Gasteiger partial charge < -0.3 is 4.84 Å². The summed E-state index contributed by atoms with van der Waals surface area (Å²) < 4.78 is 0. The van der Waals surface area contributed by atoms with Crippen molar-refractivity contribution in [3.05, 3.63) is 36.1 Å². The Balaban J connectivity index is 2.06. The molecule has 2 rings (SSSR count). The summed E-state index contributed by atoms with van der Waals surface area (Å²) in [6, 6.07) is 0. The summed E-state index contributed by atoms with van der Waals surface area (Å²) in [7, 11) is 0. The molecular weight excluding hydrogens is 268 g/mol. The van der Waals surface area contributed by atoms with Crippen LogP contribution in [0.4, 0.5) is 0 Å². The van der Waals surface area contributed by atoms with E-state index in [4.69, 9.17) is 0 Å². The summed E-state index contributed by atoms with van der Waals surface area (Å²) in [5, 5.41) is 0.283. The van der Waals surface area contributed by atoms with Crippen molar-refractivity contribution in [3.8, 4) is 0 Å². The molecule has 2 aliphatic heterocycles. The Bertz CT molecular complexity index is 592. The van der Waals surface area contributed by atoms with Crippen molar-refractivity contribution in [1.82, 2.24) is 9.96 Å². The Hall–Kier alpha value is -3.03. The first-order chi connectivity index (χ1) is 9.40. The molecule has 20 heavy (non-hydrogen) atoms. The molecule has 0 aromatic carbocycles. The Morgan fingerprint density at radius 2 is 1.40 bits per heavy atom. The molecule has 0 aliphatic carbocycles. The zero-order valence-electron chi connectivity index (χ0n) is 10.2. The fourth-order valence-corrected chi connectivity index (χ4v) is 1.42. The molecule has 102 valence electrons. The van der Waals surface area contributed by atoms with E-state index >= 15 is 0 Å². The molecule has 0 radical (unpaired) electrons. The third-order valence-corrected chi connectivity index (χ3v) is 2.43. The second-order valence-corrected chi connectivity index (χ2v) is 3.87. The van der Waals surface area contributed by atoms with Gasteiger partial charge in [-0.05, 0) is 6.92 Å². The molecule has 0 N–H and O–H groups in total. The minimum Gasteiger partial charge on any atom is -0.325 e. The average Bonchev–Trinajstić information content (AvgIpc) is 2.88. The monoisotopic (exact) mass is 276 g/mol. The largest absolute Gasteiger partial charge is 0.361 e. The van der Waals surface area contributed by atoms with Crippen LogP contribution in [0.1, 0.15) is 6.92 Å². The van der Waals surface area contributed by atoms with Crippen molar-refractivity contribution in [2.75, 3.05) is 0 Å². The lowest BCUT2D eigenvalue weighted by molar-refractivity contribution is -0.193. The van der Waals surface area contributed by atoms with Gasteiger partial charge in [-0.15, -0.1) is 0 Å². The van der Waals surface area contributed by atoms with E-state index < -0.39 is 29.6 Å². The van der Waals surface area contributed by atoms with Gasteiger partial charge in [-0.25, -0.2) is 9.69 Å². The highest BCUT2D eigenvalue weighted by atomic mass is 16.7. The summed E-state index contributed by atoms with van der Waals surface area (Å²) in [4.78, 5) is 61.9. The van der Waals surface area contributed by atoms with Crippen molar-refractivity contribution >= 4 is 29.6 Å². The number of carbonyl (C=O) groups is 5. The fourth-order valence-electron chi connectivity index (χ4n) is 1.42. The third kappa shape index (κ3) is 2.39. The number of imide groups is 2. The second-order valence-electron chi connectivity index (χ2n) is 3.87. The highest BCUT2D eigenvalue weighted by Gasteiger charge is 2.29. The minimum atomic E-state index is -1.03. The van der Waals surface area contributed by atoms with E-state index in [1.807, 2.05) is 0 Å². The molecule has 0 unspecified atom stereocenters. The quantitative estimate of drug-likeness (QED) is 0.494. The number of hydrogen-bond donors (Lipinski definition) is 0. The van der Waals surface area contributed by atoms with Gasteiger partial charge in [0.1, 0.15) is 0 Å². The lowest BCUT2D eigenvalue weighted by Gasteiger charge is -2.14. The summed E-state index contributed by atoms with van der Waals surface area (Å²) in [5.41, 5.74) is -0.122. The molecule has 0 aromatic heterocycles. The number of hydroxylamine groups is 2. The maximum Gasteiger partial charge on any atom is 0.361 e. The summed E-state index contributed by atoms with van der Waals surface area (Å²) in [5.74, 6) is -3.80. The third-order valence-electron chi connectivity index (χ3n) is 2.43. The van der Waals surface area contributed by atoms with Crippen LogP contribution in [0.3, 0.4) is 0 Å². The lowest BCUT2D eigenvalue weighted by atomic mass is 10.3. The standard InChI is InChI=1S/C12H8N2O6/c1-7(6-13-8(15)2-3-9(13)16)12(19)20-14-10(17)4-5-11(14)18/h2-6H,1H3. The van der Waals surface area contributed by atoms with Gasteiger partial charge in [-0.3, -0.25) is 19.2 Å². The van der Waals surface area contributed by atoms with Crippen LogP contribution in [0.2, 0.25) is 0 Å². The van der Waals surface area contributed by atoms with Crippen LogP contribution >= 0.6 is 0 Å². The SMILES string of the molecule is CC(=CN1C(=O)C=CC1=O)C(=O)ON1C(=O)C=CC1=O. The predicted molar refractivity (Wildman–Crippen MR) is 61.8 cm³/mol. The van der Waals surface area contributed by atoms with Crippen molar-refractivity contribution in [2.24, 2.45) is 0 Å². The Kier molecular flexibility index (Phi) is 3.30. The molecule has 0 saturated heterocycles. The number of carbonyl (C=O) groups excluding carboxylic acids is 5. The molecule has 4 amide bonds. The first kappa shape index (κ1) is 13.4. The van der Waals surface area contributed by atoms with Gasteiger partial charge in [0.15, 0.2) is 0 Å². The Morgan fingerprint density at radius 1 is 0.950 bits per heavy atom. The topological polar surface area (TPSA) is 101 Å². The highest BCUT2D eigenvalue weighted by Crippen LogP contribution is 2.11. The van der Waals surface area contributed by atoms with Gasteiger partial charge in [0.25, 0.3) is 23.6 Å². The zero-order valence-corrected chi connectivity index (χ0v) is 10.2. The molecule has 0 bridgehead atoms. The molecule has 8 nitrogen and oxygen atoms in total. The molecule has 0 saturated carbocycles. The molecule has 2 aliphatic rings. The van der Waals surface area contributed by atoms with E-state index in [0.29, 0.717) is 4.90 Å². The number of rotatable bonds is 3. The first-order valence-corrected chi connectivity index (χ1v) is 5.42. The van der Waals surface area contributed by atoms with E-state index in [0.717, 1.165) is 30.5 Å². The minimum absolute atomic E-state index is 0.122. The maximum absolute atomic E-state index is 11.7. The number of amides is 4. The van der Waals surface area contributed by atoms with Crippen LogP contribution in [-0.2, 0) is 28.8 Å². The normalized spacial score (nSPS) is 18.6. The van der Waals surface area contributed by atoms with Crippen molar-refractivity contribution in [1.29, 1.82) is 0 Å². The van der Waals surface area contributed by atoms with Crippen molar-refractivity contribution in [3.63, 3.8) is 0 Å². The highest BCUT2D eigenvalue weighted by molar-refractivity contribution is 6.14. The Labute approximate surface area is 112 Å². The van der Waals surface area contributed by atoms with Crippen molar-refractivity contribution in [2.45, 2.75) is 6.92 Å². The van der Waals surface area contributed by atoms with E-state index in [1.165, 1.54) is 6.92 Å². The van der Waals surface area contributed by atoms with Gasteiger partial charge >= 0.3 is 5.97 Å². The van der Waals surface area contributed by atoms with Crippen LogP contribution in [0.5, 0.6) is 0 Å². The van der Waals surface area contributed by atoms with E-state index in [9.17, 15) is 24.0 Å². The van der Waals surface area contributed by atoms with Crippen LogP contribution in [0.25, 0.3) is 0 Å². The van der Waals surface area contributed by atoms with E-state index in [-0.39, 0.29) is 10.6 Å². The first-order valence-electron chi connectivity index (χ1n) is 5.42. The summed E-state index contributed by atoms with van der Waals surface area (Å²) >= 11 is 0. The van der Waals surface area contributed by atoms with Gasteiger partial charge in [0.05, 0.1) is 5.57 Å². The second kappa shape index (κ2) is 4.92. The van der Waals surface area contributed by atoms with Crippen LogP contribution in [0.15, 0.2) is 36.1 Å². The fraction of sp³-hybridized carbons (Fsp3) is 0.0833. The van der Waals surface area contributed by atoms with Crippen LogP contribution < -0.4 is 0 Å². The average molecular weight is 276 g/mol. The smallest absolute Gasteiger partial charge is 0.325 e. The van der Waals surface area contributed by atoms with Gasteiger partial charge in [0.2, 0.25) is 0 Å².